The van der Waals surface area contributed by atoms with Crippen molar-refractivity contribution in [3.63, 3.8) is 0 Å². The first-order chi connectivity index (χ1) is 15.8. The van der Waals surface area contributed by atoms with E-state index in [4.69, 9.17) is 11.6 Å². The number of rotatable bonds is 8. The Kier molecular flexibility index (Phi) is 8.67. The summed E-state index contributed by atoms with van der Waals surface area (Å²) in [6.45, 7) is 10.8. The van der Waals surface area contributed by atoms with Gasteiger partial charge in [0.1, 0.15) is 0 Å². The molecule has 1 aliphatic heterocycles. The molecule has 0 spiro atoms. The first-order valence-electron chi connectivity index (χ1n) is 11.7. The number of hydrogen-bond donors (Lipinski definition) is 0. The predicted octanol–water partition coefficient (Wildman–Crippen LogP) is 4.12. The lowest BCUT2D eigenvalue weighted by molar-refractivity contribution is -0.143. The maximum absolute atomic E-state index is 13.0. The van der Waals surface area contributed by atoms with Gasteiger partial charge in [-0.15, -0.1) is 10.2 Å². The maximum atomic E-state index is 13.0. The summed E-state index contributed by atoms with van der Waals surface area (Å²) in [7, 11) is 0. The molecule has 2 aromatic rings. The second-order valence-corrected chi connectivity index (χ2v) is 9.41. The van der Waals surface area contributed by atoms with E-state index in [1.807, 2.05) is 69.0 Å². The summed E-state index contributed by atoms with van der Waals surface area (Å²) >= 11 is 6.26. The molecule has 1 unspecified atom stereocenters. The number of halogens is 1. The molecule has 0 aliphatic carbocycles. The third-order valence-electron chi connectivity index (χ3n) is 6.09. The van der Waals surface area contributed by atoms with Crippen molar-refractivity contribution in [1.82, 2.24) is 20.0 Å². The zero-order valence-electron chi connectivity index (χ0n) is 20.0. The number of piperazine rings is 1. The van der Waals surface area contributed by atoms with Crippen LogP contribution in [-0.4, -0.2) is 70.6 Å². The Morgan fingerprint density at radius 2 is 1.73 bits per heavy atom. The van der Waals surface area contributed by atoms with Crippen LogP contribution in [0, 0.1) is 5.92 Å². The molecule has 1 aromatic carbocycles. The summed E-state index contributed by atoms with van der Waals surface area (Å²) in [5.74, 6) is 1.12. The summed E-state index contributed by atoms with van der Waals surface area (Å²) in [5.41, 5.74) is 1.58. The number of benzene rings is 1. The second-order valence-electron chi connectivity index (χ2n) is 9.00. The van der Waals surface area contributed by atoms with E-state index in [0.717, 1.165) is 23.5 Å². The smallest absolute Gasteiger partial charge is 0.242 e. The lowest BCUT2D eigenvalue weighted by atomic mass is 10.1. The van der Waals surface area contributed by atoms with Crippen LogP contribution in [0.3, 0.4) is 0 Å². The van der Waals surface area contributed by atoms with Crippen molar-refractivity contribution < 1.29 is 9.59 Å². The third-order valence-corrected chi connectivity index (χ3v) is 6.42. The zero-order chi connectivity index (χ0) is 24.0. The van der Waals surface area contributed by atoms with Crippen molar-refractivity contribution in [3.8, 4) is 11.3 Å². The molecule has 2 heterocycles. The third kappa shape index (κ3) is 6.44. The minimum Gasteiger partial charge on any atom is -0.352 e. The van der Waals surface area contributed by atoms with Crippen LogP contribution < -0.4 is 4.90 Å². The van der Waals surface area contributed by atoms with E-state index in [0.29, 0.717) is 37.6 Å². The Bertz CT molecular complexity index is 942. The van der Waals surface area contributed by atoms with Gasteiger partial charge < -0.3 is 14.7 Å². The van der Waals surface area contributed by atoms with Crippen LogP contribution >= 0.6 is 11.6 Å². The van der Waals surface area contributed by atoms with Crippen molar-refractivity contribution in [3.05, 3.63) is 41.4 Å². The molecule has 0 N–H and O–H groups in total. The number of aromatic nitrogens is 2. The average Bonchev–Trinajstić information content (AvgIpc) is 2.82. The topological polar surface area (TPSA) is 69.6 Å². The van der Waals surface area contributed by atoms with Crippen molar-refractivity contribution in [2.45, 2.75) is 46.6 Å². The number of carbonyl (C=O) groups excluding carboxylic acids is 2. The number of nitrogens with zero attached hydrogens (tertiary/aromatic N) is 5. The monoisotopic (exact) mass is 471 g/mol. The van der Waals surface area contributed by atoms with Crippen LogP contribution in [0.5, 0.6) is 0 Å². The highest BCUT2D eigenvalue weighted by Gasteiger charge is 2.27. The molecule has 0 saturated carbocycles. The molecule has 1 aliphatic rings. The highest BCUT2D eigenvalue weighted by atomic mass is 35.5. The molecule has 2 amide bonds. The highest BCUT2D eigenvalue weighted by Crippen LogP contribution is 2.26. The van der Waals surface area contributed by atoms with Crippen molar-refractivity contribution in [2.24, 2.45) is 5.92 Å². The van der Waals surface area contributed by atoms with Crippen LogP contribution in [0.4, 0.5) is 5.82 Å². The van der Waals surface area contributed by atoms with Crippen molar-refractivity contribution in [2.75, 3.05) is 37.6 Å². The van der Waals surface area contributed by atoms with Crippen LogP contribution in [0.1, 0.15) is 40.5 Å². The Morgan fingerprint density at radius 1 is 1.03 bits per heavy atom. The molecule has 33 heavy (non-hydrogen) atoms. The largest absolute Gasteiger partial charge is 0.352 e. The summed E-state index contributed by atoms with van der Waals surface area (Å²) in [4.78, 5) is 31.4. The normalized spacial score (nSPS) is 15.0. The lowest BCUT2D eigenvalue weighted by Gasteiger charge is -2.37. The van der Waals surface area contributed by atoms with Gasteiger partial charge in [-0.25, -0.2) is 0 Å². The van der Waals surface area contributed by atoms with Crippen molar-refractivity contribution >= 4 is 29.2 Å². The average molecular weight is 472 g/mol. The van der Waals surface area contributed by atoms with Gasteiger partial charge in [-0.2, -0.15) is 0 Å². The van der Waals surface area contributed by atoms with Gasteiger partial charge in [-0.1, -0.05) is 50.6 Å². The first kappa shape index (κ1) is 25.0. The lowest BCUT2D eigenvalue weighted by Crippen LogP contribution is -2.53. The Hall–Kier alpha value is -2.67. The number of carbonyl (C=O) groups is 2. The Balaban J connectivity index is 1.58. The van der Waals surface area contributed by atoms with E-state index in [1.54, 1.807) is 4.90 Å². The number of anilines is 1. The molecule has 0 bridgehead atoms. The zero-order valence-corrected chi connectivity index (χ0v) is 20.8. The molecule has 3 rings (SSSR count). The molecule has 0 radical (unpaired) electrons. The number of amides is 2. The van der Waals surface area contributed by atoms with Gasteiger partial charge in [-0.3, -0.25) is 9.59 Å². The Labute approximate surface area is 201 Å². The van der Waals surface area contributed by atoms with E-state index in [1.165, 1.54) is 0 Å². The van der Waals surface area contributed by atoms with Crippen LogP contribution in [-0.2, 0) is 9.59 Å². The molecule has 1 atom stereocenters. The first-order valence-corrected chi connectivity index (χ1v) is 12.1. The fraction of sp³-hybridized carbons (Fsp3) is 0.520. The summed E-state index contributed by atoms with van der Waals surface area (Å²) in [5, 5.41) is 9.38. The summed E-state index contributed by atoms with van der Waals surface area (Å²) < 4.78 is 0. The molecule has 1 fully saturated rings. The summed E-state index contributed by atoms with van der Waals surface area (Å²) in [6, 6.07) is 11.5. The molecule has 8 heteroatoms. The van der Waals surface area contributed by atoms with Crippen LogP contribution in [0.15, 0.2) is 36.4 Å². The van der Waals surface area contributed by atoms with Gasteiger partial charge in [0.2, 0.25) is 11.8 Å². The predicted molar refractivity (Wildman–Crippen MR) is 132 cm³/mol. The molecule has 178 valence electrons. The Morgan fingerprint density at radius 3 is 2.30 bits per heavy atom. The van der Waals surface area contributed by atoms with E-state index >= 15 is 0 Å². The maximum Gasteiger partial charge on any atom is 0.242 e. The minimum atomic E-state index is 0.00667. The molecular formula is C25H34ClN5O2. The highest BCUT2D eigenvalue weighted by molar-refractivity contribution is 6.33. The van der Waals surface area contributed by atoms with Gasteiger partial charge in [-0.05, 0) is 37.5 Å². The molecule has 1 aromatic heterocycles. The van der Waals surface area contributed by atoms with E-state index < -0.39 is 0 Å². The van der Waals surface area contributed by atoms with Gasteiger partial charge in [0.25, 0.3) is 0 Å². The number of hydrogen-bond acceptors (Lipinski definition) is 5. The second kappa shape index (κ2) is 11.5. The van der Waals surface area contributed by atoms with Gasteiger partial charge >= 0.3 is 0 Å². The fourth-order valence-electron chi connectivity index (χ4n) is 3.91. The summed E-state index contributed by atoms with van der Waals surface area (Å²) in [6.07, 6.45) is 1.29. The van der Waals surface area contributed by atoms with Gasteiger partial charge in [0, 0.05) is 44.2 Å². The fourth-order valence-corrected chi connectivity index (χ4v) is 4.15. The van der Waals surface area contributed by atoms with Crippen molar-refractivity contribution in [1.29, 1.82) is 0 Å². The molecule has 1 saturated heterocycles. The molecule has 7 nitrogen and oxygen atoms in total. The SMILES string of the molecule is CCC(C)N(CC(=O)N1CCN(c2ccc(-c3ccccc3Cl)nn2)CC1)C(=O)CC(C)C. The van der Waals surface area contributed by atoms with E-state index in [9.17, 15) is 9.59 Å². The van der Waals surface area contributed by atoms with E-state index in [-0.39, 0.29) is 30.3 Å². The van der Waals surface area contributed by atoms with E-state index in [2.05, 4.69) is 15.1 Å². The van der Waals surface area contributed by atoms with Gasteiger partial charge in [0.15, 0.2) is 5.82 Å². The van der Waals surface area contributed by atoms with Gasteiger partial charge in [0.05, 0.1) is 17.3 Å². The van der Waals surface area contributed by atoms with Crippen LogP contribution in [0.25, 0.3) is 11.3 Å². The standard InChI is InChI=1S/C25H34ClN5O2/c1-5-19(4)31(24(32)16-18(2)3)17-25(33)30-14-12-29(13-15-30)23-11-10-22(27-28-23)20-8-6-7-9-21(20)26/h6-11,18-19H,5,12-17H2,1-4H3. The quantitative estimate of drug-likeness (QED) is 0.579. The molecular weight excluding hydrogens is 438 g/mol. The van der Waals surface area contributed by atoms with Crippen LogP contribution in [0.2, 0.25) is 5.02 Å². The minimum absolute atomic E-state index is 0.00667.